The third-order valence-corrected chi connectivity index (χ3v) is 4.34. The van der Waals surface area contributed by atoms with Gasteiger partial charge in [-0.2, -0.15) is 0 Å². The van der Waals surface area contributed by atoms with E-state index in [0.29, 0.717) is 35.8 Å². The van der Waals surface area contributed by atoms with Gasteiger partial charge < -0.3 is 18.9 Å². The summed E-state index contributed by atoms with van der Waals surface area (Å²) in [5, 5.41) is 0. The molecule has 0 amide bonds. The minimum atomic E-state index is -0.471. The van der Waals surface area contributed by atoms with Crippen molar-refractivity contribution in [2.75, 3.05) is 26.9 Å². The fourth-order valence-corrected chi connectivity index (χ4v) is 2.68. The smallest absolute Gasteiger partial charge is 0.343 e. The van der Waals surface area contributed by atoms with E-state index in [-0.39, 0.29) is 5.97 Å². The van der Waals surface area contributed by atoms with Gasteiger partial charge in [0.05, 0.1) is 24.3 Å². The van der Waals surface area contributed by atoms with E-state index in [1.807, 2.05) is 6.92 Å². The molecule has 0 bridgehead atoms. The standard InChI is InChI=1S/C24H30O6/c1-3-16-28-21-12-8-20(9-13-21)24(26)30-22-14-10-19(11-15-22)23(25)29-18-7-5-4-6-17-27-2/h8-15H,3-7,16-18H2,1-2H3. The SMILES string of the molecule is CCCOc1ccc(C(=O)Oc2ccc(C(=O)OCCCCCCOC)cc2)cc1. The minimum Gasteiger partial charge on any atom is -0.494 e. The van der Waals surface area contributed by atoms with Crippen LogP contribution in [0.1, 0.15) is 59.7 Å². The van der Waals surface area contributed by atoms with Gasteiger partial charge in [-0.25, -0.2) is 9.59 Å². The third kappa shape index (κ3) is 8.25. The van der Waals surface area contributed by atoms with Gasteiger partial charge in [0.1, 0.15) is 11.5 Å². The molecule has 0 atom stereocenters. The molecule has 0 spiro atoms. The van der Waals surface area contributed by atoms with Crippen molar-refractivity contribution in [1.29, 1.82) is 0 Å². The predicted molar refractivity (Wildman–Crippen MR) is 114 cm³/mol. The van der Waals surface area contributed by atoms with Crippen molar-refractivity contribution in [3.05, 3.63) is 59.7 Å². The van der Waals surface area contributed by atoms with E-state index in [1.54, 1.807) is 55.6 Å². The number of methoxy groups -OCH3 is 1. The number of carbonyl (C=O) groups is 2. The predicted octanol–water partition coefficient (Wildman–Crippen LogP) is 5.06. The molecule has 0 heterocycles. The highest BCUT2D eigenvalue weighted by Gasteiger charge is 2.11. The summed E-state index contributed by atoms with van der Waals surface area (Å²) in [5.41, 5.74) is 0.847. The zero-order valence-corrected chi connectivity index (χ0v) is 17.7. The van der Waals surface area contributed by atoms with Gasteiger partial charge in [0.15, 0.2) is 0 Å². The molecule has 2 aromatic carbocycles. The lowest BCUT2D eigenvalue weighted by molar-refractivity contribution is 0.0497. The van der Waals surface area contributed by atoms with Crippen molar-refractivity contribution in [1.82, 2.24) is 0 Å². The summed E-state index contributed by atoms with van der Waals surface area (Å²) in [6.07, 6.45) is 4.81. The van der Waals surface area contributed by atoms with E-state index >= 15 is 0 Å². The first-order chi connectivity index (χ1) is 14.6. The van der Waals surface area contributed by atoms with Crippen LogP contribution in [0.3, 0.4) is 0 Å². The van der Waals surface area contributed by atoms with E-state index in [9.17, 15) is 9.59 Å². The Kier molecular flexibility index (Phi) is 10.4. The second-order valence-electron chi connectivity index (χ2n) is 6.83. The van der Waals surface area contributed by atoms with E-state index < -0.39 is 5.97 Å². The Balaban J connectivity index is 1.76. The van der Waals surface area contributed by atoms with Gasteiger partial charge in [0.2, 0.25) is 0 Å². The molecule has 2 rings (SSSR count). The lowest BCUT2D eigenvalue weighted by Gasteiger charge is -2.08. The maximum absolute atomic E-state index is 12.3. The summed E-state index contributed by atoms with van der Waals surface area (Å²) >= 11 is 0. The molecular weight excluding hydrogens is 384 g/mol. The van der Waals surface area contributed by atoms with Crippen LogP contribution in [0, 0.1) is 0 Å². The van der Waals surface area contributed by atoms with Crippen molar-refractivity contribution in [3.8, 4) is 11.5 Å². The lowest BCUT2D eigenvalue weighted by Crippen LogP contribution is -2.09. The highest BCUT2D eigenvalue weighted by molar-refractivity contribution is 5.92. The average Bonchev–Trinajstić information content (AvgIpc) is 2.77. The van der Waals surface area contributed by atoms with Crippen LogP contribution in [-0.4, -0.2) is 38.9 Å². The Hall–Kier alpha value is -2.86. The van der Waals surface area contributed by atoms with Crippen LogP contribution >= 0.6 is 0 Å². The molecule has 0 aliphatic carbocycles. The number of rotatable bonds is 13. The van der Waals surface area contributed by atoms with Gasteiger partial charge in [-0.3, -0.25) is 0 Å². The number of benzene rings is 2. The molecule has 2 aromatic rings. The lowest BCUT2D eigenvalue weighted by atomic mass is 10.2. The molecule has 0 aromatic heterocycles. The van der Waals surface area contributed by atoms with Crippen LogP contribution in [0.25, 0.3) is 0 Å². The maximum Gasteiger partial charge on any atom is 0.343 e. The molecule has 6 heteroatoms. The first kappa shape index (κ1) is 23.4. The number of carbonyl (C=O) groups excluding carboxylic acids is 2. The number of hydrogen-bond acceptors (Lipinski definition) is 6. The van der Waals surface area contributed by atoms with Gasteiger partial charge >= 0.3 is 11.9 Å². The summed E-state index contributed by atoms with van der Waals surface area (Å²) in [6.45, 7) is 3.81. The number of ether oxygens (including phenoxy) is 4. The highest BCUT2D eigenvalue weighted by Crippen LogP contribution is 2.17. The average molecular weight is 414 g/mol. The fraction of sp³-hybridized carbons (Fsp3) is 0.417. The maximum atomic E-state index is 12.3. The number of unbranched alkanes of at least 4 members (excludes halogenated alkanes) is 3. The Labute approximate surface area is 178 Å². The molecule has 30 heavy (non-hydrogen) atoms. The second-order valence-corrected chi connectivity index (χ2v) is 6.83. The van der Waals surface area contributed by atoms with Gasteiger partial charge in [0.25, 0.3) is 0 Å². The van der Waals surface area contributed by atoms with Crippen molar-refractivity contribution >= 4 is 11.9 Å². The summed E-state index contributed by atoms with van der Waals surface area (Å²) in [5.74, 6) is 0.223. The zero-order chi connectivity index (χ0) is 21.6. The van der Waals surface area contributed by atoms with E-state index in [2.05, 4.69) is 0 Å². The van der Waals surface area contributed by atoms with Crippen molar-refractivity contribution < 1.29 is 28.5 Å². The second kappa shape index (κ2) is 13.4. The largest absolute Gasteiger partial charge is 0.494 e. The third-order valence-electron chi connectivity index (χ3n) is 4.34. The number of hydrogen-bond donors (Lipinski definition) is 0. The van der Waals surface area contributed by atoms with Gasteiger partial charge in [-0.15, -0.1) is 0 Å². The summed E-state index contributed by atoms with van der Waals surface area (Å²) < 4.78 is 21.1. The minimum absolute atomic E-state index is 0.362. The summed E-state index contributed by atoms with van der Waals surface area (Å²) in [6, 6.07) is 13.1. The molecule has 0 saturated heterocycles. The normalized spacial score (nSPS) is 10.5. The Morgan fingerprint density at radius 2 is 1.27 bits per heavy atom. The van der Waals surface area contributed by atoms with Crippen LogP contribution in [0.4, 0.5) is 0 Å². The molecule has 0 unspecified atom stereocenters. The van der Waals surface area contributed by atoms with Crippen LogP contribution in [-0.2, 0) is 9.47 Å². The van der Waals surface area contributed by atoms with E-state index in [0.717, 1.165) is 38.7 Å². The monoisotopic (exact) mass is 414 g/mol. The first-order valence-corrected chi connectivity index (χ1v) is 10.3. The van der Waals surface area contributed by atoms with Crippen LogP contribution < -0.4 is 9.47 Å². The van der Waals surface area contributed by atoms with Crippen LogP contribution in [0.2, 0.25) is 0 Å². The van der Waals surface area contributed by atoms with E-state index in [1.165, 1.54) is 0 Å². The Bertz CT molecular complexity index is 767. The van der Waals surface area contributed by atoms with Crippen molar-refractivity contribution in [2.45, 2.75) is 39.0 Å². The molecule has 0 aliphatic rings. The van der Waals surface area contributed by atoms with Crippen LogP contribution in [0.15, 0.2) is 48.5 Å². The molecule has 0 N–H and O–H groups in total. The molecule has 0 radical (unpaired) electrons. The van der Waals surface area contributed by atoms with Gasteiger partial charge in [-0.05, 0) is 74.2 Å². The number of esters is 2. The Morgan fingerprint density at radius 3 is 1.87 bits per heavy atom. The molecular formula is C24H30O6. The molecule has 6 nitrogen and oxygen atoms in total. The first-order valence-electron chi connectivity index (χ1n) is 10.3. The molecule has 0 saturated carbocycles. The van der Waals surface area contributed by atoms with Gasteiger partial charge in [0, 0.05) is 13.7 Å². The molecule has 0 aliphatic heterocycles. The fourth-order valence-electron chi connectivity index (χ4n) is 2.68. The van der Waals surface area contributed by atoms with Crippen molar-refractivity contribution in [3.63, 3.8) is 0 Å². The highest BCUT2D eigenvalue weighted by atomic mass is 16.5. The summed E-state index contributed by atoms with van der Waals surface area (Å²) in [4.78, 5) is 24.3. The molecule has 162 valence electrons. The van der Waals surface area contributed by atoms with E-state index in [4.69, 9.17) is 18.9 Å². The van der Waals surface area contributed by atoms with Crippen molar-refractivity contribution in [2.24, 2.45) is 0 Å². The zero-order valence-electron chi connectivity index (χ0n) is 17.7. The quantitative estimate of drug-likeness (QED) is 0.259. The topological polar surface area (TPSA) is 71.1 Å². The Morgan fingerprint density at radius 1 is 0.700 bits per heavy atom. The van der Waals surface area contributed by atoms with Crippen LogP contribution in [0.5, 0.6) is 11.5 Å². The summed E-state index contributed by atoms with van der Waals surface area (Å²) in [7, 11) is 1.69. The van der Waals surface area contributed by atoms with Gasteiger partial charge in [-0.1, -0.05) is 13.3 Å². The molecule has 0 fully saturated rings.